The van der Waals surface area contributed by atoms with Gasteiger partial charge in [-0.3, -0.25) is 0 Å². The normalized spacial score (nSPS) is 21.0. The van der Waals surface area contributed by atoms with Crippen LogP contribution in [0, 0.1) is 0 Å². The summed E-state index contributed by atoms with van der Waals surface area (Å²) in [4.78, 5) is 3.82. The molecule has 0 bridgehead atoms. The fraction of sp³-hybridized carbons (Fsp3) is 0.529. The number of fused-ring (bicyclic) bond motifs is 1. The Balaban J connectivity index is 1.65. The predicted octanol–water partition coefficient (Wildman–Crippen LogP) is 2.75. The average Bonchev–Trinajstić information content (AvgIpc) is 2.91. The number of likely N-dealkylation sites (N-methyl/N-ethyl adjacent to an activating group) is 1. The molecule has 3 rings (SSSR count). The summed E-state index contributed by atoms with van der Waals surface area (Å²) < 4.78 is 7.02. The highest BCUT2D eigenvalue weighted by molar-refractivity contribution is 7.19. The Morgan fingerprint density at radius 1 is 1.38 bits per heavy atom. The number of morpholine rings is 1. The topological polar surface area (TPSA) is 24.5 Å². The third-order valence-corrected chi connectivity index (χ3v) is 5.42. The van der Waals surface area contributed by atoms with E-state index < -0.39 is 0 Å². The lowest BCUT2D eigenvalue weighted by Crippen LogP contribution is -2.53. The van der Waals surface area contributed by atoms with Crippen molar-refractivity contribution in [1.82, 2.24) is 10.2 Å². The Hall–Kier alpha value is -0.940. The average molecular weight is 304 g/mol. The van der Waals surface area contributed by atoms with Crippen molar-refractivity contribution in [1.29, 1.82) is 0 Å². The van der Waals surface area contributed by atoms with Gasteiger partial charge in [-0.25, -0.2) is 0 Å². The second-order valence-electron chi connectivity index (χ2n) is 5.96. The summed E-state index contributed by atoms with van der Waals surface area (Å²) >= 11 is 1.93. The van der Waals surface area contributed by atoms with E-state index in [2.05, 4.69) is 54.6 Å². The van der Waals surface area contributed by atoms with Gasteiger partial charge in [0.15, 0.2) is 0 Å². The van der Waals surface area contributed by atoms with E-state index in [1.165, 1.54) is 21.4 Å². The van der Waals surface area contributed by atoms with Gasteiger partial charge < -0.3 is 15.0 Å². The Kier molecular flexibility index (Phi) is 4.91. The quantitative estimate of drug-likeness (QED) is 0.919. The van der Waals surface area contributed by atoms with Gasteiger partial charge in [0.1, 0.15) is 0 Å². The minimum absolute atomic E-state index is 0.447. The first-order valence-corrected chi connectivity index (χ1v) is 8.51. The molecule has 0 spiro atoms. The van der Waals surface area contributed by atoms with Crippen molar-refractivity contribution in [3.63, 3.8) is 0 Å². The first-order chi connectivity index (χ1) is 10.2. The molecule has 0 radical (unpaired) electrons. The maximum absolute atomic E-state index is 5.63. The molecule has 1 fully saturated rings. The van der Waals surface area contributed by atoms with Crippen molar-refractivity contribution in [2.45, 2.75) is 24.9 Å². The Bertz CT molecular complexity index is 542. The molecule has 1 aliphatic heterocycles. The van der Waals surface area contributed by atoms with Crippen molar-refractivity contribution in [2.24, 2.45) is 0 Å². The van der Waals surface area contributed by atoms with E-state index in [1.807, 2.05) is 11.3 Å². The monoisotopic (exact) mass is 304 g/mol. The molecule has 2 heterocycles. The number of thiophene rings is 1. The van der Waals surface area contributed by atoms with Crippen LogP contribution in [-0.4, -0.2) is 50.8 Å². The van der Waals surface area contributed by atoms with Crippen LogP contribution >= 0.6 is 11.3 Å². The van der Waals surface area contributed by atoms with Gasteiger partial charge in [-0.15, -0.1) is 11.3 Å². The lowest BCUT2D eigenvalue weighted by molar-refractivity contribution is 0.0444. The summed E-state index contributed by atoms with van der Waals surface area (Å²) in [6, 6.07) is 12.0. The van der Waals surface area contributed by atoms with Crippen LogP contribution in [0.4, 0.5) is 0 Å². The number of aryl methyl sites for hydroxylation is 1. The van der Waals surface area contributed by atoms with Crippen LogP contribution in [0.15, 0.2) is 30.3 Å². The highest BCUT2D eigenvalue weighted by atomic mass is 32.1. The minimum Gasteiger partial charge on any atom is -0.378 e. The van der Waals surface area contributed by atoms with Crippen molar-refractivity contribution in [2.75, 3.05) is 33.9 Å². The third-order valence-electron chi connectivity index (χ3n) is 4.24. The van der Waals surface area contributed by atoms with Gasteiger partial charge in [-0.05, 0) is 44.5 Å². The molecule has 1 aromatic carbocycles. The summed E-state index contributed by atoms with van der Waals surface area (Å²) in [7, 11) is 4.34. The molecule has 0 amide bonds. The Labute approximate surface area is 130 Å². The first kappa shape index (κ1) is 15.0. The summed E-state index contributed by atoms with van der Waals surface area (Å²) in [6.45, 7) is 2.64. The zero-order valence-corrected chi connectivity index (χ0v) is 13.7. The second kappa shape index (κ2) is 6.88. The third kappa shape index (κ3) is 3.64. The van der Waals surface area contributed by atoms with Crippen LogP contribution in [0.5, 0.6) is 0 Å². The second-order valence-corrected chi connectivity index (χ2v) is 7.12. The molecule has 1 aliphatic rings. The lowest BCUT2D eigenvalue weighted by Gasteiger charge is -2.35. The molecule has 21 heavy (non-hydrogen) atoms. The van der Waals surface area contributed by atoms with Gasteiger partial charge in [0.2, 0.25) is 0 Å². The summed E-state index contributed by atoms with van der Waals surface area (Å²) in [6.07, 6.45) is 2.31. The molecule has 114 valence electrons. The number of hydrogen-bond donors (Lipinski definition) is 1. The molecule has 1 N–H and O–H groups in total. The van der Waals surface area contributed by atoms with E-state index in [4.69, 9.17) is 4.74 Å². The number of hydrogen-bond acceptors (Lipinski definition) is 4. The fourth-order valence-corrected chi connectivity index (χ4v) is 4.18. The van der Waals surface area contributed by atoms with Crippen LogP contribution in [0.25, 0.3) is 10.1 Å². The lowest BCUT2D eigenvalue weighted by atomic mass is 10.0. The molecular weight excluding hydrogens is 280 g/mol. The highest BCUT2D eigenvalue weighted by Crippen LogP contribution is 2.27. The zero-order valence-electron chi connectivity index (χ0n) is 12.8. The molecule has 3 nitrogen and oxygen atoms in total. The SMILES string of the molecule is CN(C)C(CCc1cc2ccccc2s1)C1COCCN1. The van der Waals surface area contributed by atoms with Gasteiger partial charge in [0, 0.05) is 28.2 Å². The standard InChI is InChI=1S/C17H24N2OS/c1-19(2)16(15-12-20-10-9-18-15)8-7-14-11-13-5-3-4-6-17(13)21-14/h3-6,11,15-16,18H,7-10,12H2,1-2H3. The van der Waals surface area contributed by atoms with E-state index >= 15 is 0 Å². The van der Waals surface area contributed by atoms with E-state index in [1.54, 1.807) is 0 Å². The Morgan fingerprint density at radius 2 is 2.24 bits per heavy atom. The predicted molar refractivity (Wildman–Crippen MR) is 90.2 cm³/mol. The maximum Gasteiger partial charge on any atom is 0.0635 e. The van der Waals surface area contributed by atoms with Crippen molar-refractivity contribution in [3.05, 3.63) is 35.2 Å². The number of rotatable bonds is 5. The maximum atomic E-state index is 5.63. The van der Waals surface area contributed by atoms with Gasteiger partial charge >= 0.3 is 0 Å². The fourth-order valence-electron chi connectivity index (χ4n) is 3.10. The molecule has 1 aromatic heterocycles. The number of ether oxygens (including phenoxy) is 1. The van der Waals surface area contributed by atoms with Crippen molar-refractivity contribution in [3.8, 4) is 0 Å². The van der Waals surface area contributed by atoms with Crippen LogP contribution in [-0.2, 0) is 11.2 Å². The van der Waals surface area contributed by atoms with Crippen LogP contribution in [0.2, 0.25) is 0 Å². The van der Waals surface area contributed by atoms with Crippen molar-refractivity contribution >= 4 is 21.4 Å². The van der Waals surface area contributed by atoms with Gasteiger partial charge in [-0.1, -0.05) is 18.2 Å². The summed E-state index contributed by atoms with van der Waals surface area (Å²) in [5, 5.41) is 4.97. The van der Waals surface area contributed by atoms with Gasteiger partial charge in [0.05, 0.1) is 13.2 Å². The minimum atomic E-state index is 0.447. The van der Waals surface area contributed by atoms with Gasteiger partial charge in [0.25, 0.3) is 0 Å². The number of nitrogens with one attached hydrogen (secondary N) is 1. The molecule has 2 aromatic rings. The van der Waals surface area contributed by atoms with Crippen LogP contribution in [0.3, 0.4) is 0 Å². The van der Waals surface area contributed by atoms with Crippen molar-refractivity contribution < 1.29 is 4.74 Å². The first-order valence-electron chi connectivity index (χ1n) is 7.69. The molecule has 1 saturated heterocycles. The van der Waals surface area contributed by atoms with E-state index in [-0.39, 0.29) is 0 Å². The van der Waals surface area contributed by atoms with Gasteiger partial charge in [-0.2, -0.15) is 0 Å². The molecule has 0 saturated carbocycles. The smallest absolute Gasteiger partial charge is 0.0635 e. The Morgan fingerprint density at radius 3 is 2.95 bits per heavy atom. The van der Waals surface area contributed by atoms with E-state index in [0.717, 1.165) is 26.2 Å². The zero-order chi connectivity index (χ0) is 14.7. The largest absolute Gasteiger partial charge is 0.378 e. The summed E-state index contributed by atoms with van der Waals surface area (Å²) in [5.74, 6) is 0. The number of nitrogens with zero attached hydrogens (tertiary/aromatic N) is 1. The molecule has 4 heteroatoms. The van der Waals surface area contributed by atoms with E-state index in [9.17, 15) is 0 Å². The summed E-state index contributed by atoms with van der Waals surface area (Å²) in [5.41, 5.74) is 0. The highest BCUT2D eigenvalue weighted by Gasteiger charge is 2.25. The van der Waals surface area contributed by atoms with Crippen LogP contribution in [0.1, 0.15) is 11.3 Å². The van der Waals surface area contributed by atoms with E-state index in [0.29, 0.717) is 12.1 Å². The molecular formula is C17H24N2OS. The molecule has 2 atom stereocenters. The molecule has 0 aliphatic carbocycles. The molecule has 2 unspecified atom stereocenters. The van der Waals surface area contributed by atoms with Crippen LogP contribution < -0.4 is 5.32 Å². The number of benzene rings is 1.